The average Bonchev–Trinajstić information content (AvgIpc) is 2.28. The van der Waals surface area contributed by atoms with Gasteiger partial charge in [0.05, 0.1) is 11.5 Å². The molecule has 1 unspecified atom stereocenters. The molecule has 0 aliphatic rings. The summed E-state index contributed by atoms with van der Waals surface area (Å²) < 4.78 is 0. The van der Waals surface area contributed by atoms with Gasteiger partial charge in [-0.3, -0.25) is 10.1 Å². The molecule has 0 saturated carbocycles. The minimum Gasteiger partial charge on any atom is -0.395 e. The van der Waals surface area contributed by atoms with Crippen molar-refractivity contribution in [1.82, 2.24) is 5.32 Å². The first-order valence-electron chi connectivity index (χ1n) is 5.16. The summed E-state index contributed by atoms with van der Waals surface area (Å²) in [5, 5.41) is 22.5. The zero-order valence-electron chi connectivity index (χ0n) is 9.38. The number of hydrogen-bond donors (Lipinski definition) is 2. The Labute approximate surface area is 94.3 Å². The van der Waals surface area contributed by atoms with Gasteiger partial charge in [-0.05, 0) is 19.4 Å². The normalized spacial score (nSPS) is 14.4. The van der Waals surface area contributed by atoms with E-state index in [0.29, 0.717) is 0 Å². The van der Waals surface area contributed by atoms with Crippen LogP contribution in [0.5, 0.6) is 0 Å². The van der Waals surface area contributed by atoms with Crippen molar-refractivity contribution in [3.8, 4) is 0 Å². The van der Waals surface area contributed by atoms with E-state index in [1.807, 2.05) is 13.8 Å². The van der Waals surface area contributed by atoms with E-state index in [1.165, 1.54) is 12.1 Å². The predicted molar refractivity (Wildman–Crippen MR) is 61.2 cm³/mol. The Bertz CT molecular complexity index is 351. The van der Waals surface area contributed by atoms with Gasteiger partial charge in [-0.1, -0.05) is 12.1 Å². The van der Waals surface area contributed by atoms with E-state index >= 15 is 0 Å². The van der Waals surface area contributed by atoms with E-state index in [1.54, 1.807) is 12.1 Å². The van der Waals surface area contributed by atoms with Gasteiger partial charge < -0.3 is 10.4 Å². The van der Waals surface area contributed by atoms with Crippen LogP contribution in [0.15, 0.2) is 24.3 Å². The fourth-order valence-corrected chi connectivity index (χ4v) is 1.46. The number of benzene rings is 1. The van der Waals surface area contributed by atoms with Crippen molar-refractivity contribution in [1.29, 1.82) is 0 Å². The van der Waals surface area contributed by atoms with Gasteiger partial charge in [0.25, 0.3) is 5.69 Å². The number of aliphatic hydroxyl groups excluding tert-OH is 1. The lowest BCUT2D eigenvalue weighted by atomic mass is 10.1. The van der Waals surface area contributed by atoms with Crippen LogP contribution in [0.25, 0.3) is 0 Å². The predicted octanol–water partition coefficient (Wildman–Crippen LogP) is 1.63. The van der Waals surface area contributed by atoms with Crippen LogP contribution in [0.2, 0.25) is 0 Å². The topological polar surface area (TPSA) is 75.4 Å². The van der Waals surface area contributed by atoms with E-state index in [9.17, 15) is 10.1 Å². The third-order valence-electron chi connectivity index (χ3n) is 2.41. The van der Waals surface area contributed by atoms with Crippen LogP contribution in [-0.2, 0) is 0 Å². The summed E-state index contributed by atoms with van der Waals surface area (Å²) in [4.78, 5) is 10.0. The Morgan fingerprint density at radius 2 is 1.94 bits per heavy atom. The number of nitro groups is 1. The molecule has 0 amide bonds. The van der Waals surface area contributed by atoms with Crippen molar-refractivity contribution in [2.75, 3.05) is 6.61 Å². The monoisotopic (exact) mass is 224 g/mol. The summed E-state index contributed by atoms with van der Waals surface area (Å²) in [6.07, 6.45) is 0. The molecule has 1 rings (SSSR count). The van der Waals surface area contributed by atoms with Gasteiger partial charge in [0.1, 0.15) is 0 Å². The minimum absolute atomic E-state index is 0.00481. The molecule has 88 valence electrons. The maximum absolute atomic E-state index is 10.5. The van der Waals surface area contributed by atoms with E-state index in [4.69, 9.17) is 5.11 Å². The van der Waals surface area contributed by atoms with Crippen LogP contribution >= 0.6 is 0 Å². The van der Waals surface area contributed by atoms with E-state index in [-0.39, 0.29) is 24.4 Å². The summed E-state index contributed by atoms with van der Waals surface area (Å²) in [7, 11) is 0. The molecule has 0 saturated heterocycles. The van der Waals surface area contributed by atoms with Crippen molar-refractivity contribution >= 4 is 5.69 Å². The summed E-state index contributed by atoms with van der Waals surface area (Å²) in [5.41, 5.74) is 1.05. The standard InChI is InChI=1S/C11H16N2O3/c1-8(7-14)12-9(2)10-3-5-11(6-4-10)13(15)16/h3-6,8-9,12,14H,7H2,1-2H3/t8-,9?/m1/s1. The highest BCUT2D eigenvalue weighted by molar-refractivity contribution is 5.34. The number of non-ortho nitro benzene ring substituents is 1. The second-order valence-corrected chi connectivity index (χ2v) is 3.82. The van der Waals surface area contributed by atoms with Gasteiger partial charge in [0, 0.05) is 24.2 Å². The molecular formula is C11H16N2O3. The van der Waals surface area contributed by atoms with E-state index in [0.717, 1.165) is 5.56 Å². The first kappa shape index (κ1) is 12.6. The van der Waals surface area contributed by atoms with Crippen molar-refractivity contribution < 1.29 is 10.0 Å². The third kappa shape index (κ3) is 3.29. The van der Waals surface area contributed by atoms with Crippen LogP contribution in [0, 0.1) is 10.1 Å². The molecule has 0 fully saturated rings. The van der Waals surface area contributed by atoms with Crippen molar-refractivity contribution in [2.24, 2.45) is 0 Å². The molecule has 0 heterocycles. The highest BCUT2D eigenvalue weighted by Crippen LogP contribution is 2.17. The number of nitro benzene ring substituents is 1. The fourth-order valence-electron chi connectivity index (χ4n) is 1.46. The quantitative estimate of drug-likeness (QED) is 0.588. The van der Waals surface area contributed by atoms with Crippen LogP contribution in [0.3, 0.4) is 0 Å². The SMILES string of the molecule is CC(N[C@H](C)CO)c1ccc([N+](=O)[O-])cc1. The molecule has 5 heteroatoms. The molecule has 0 spiro atoms. The highest BCUT2D eigenvalue weighted by atomic mass is 16.6. The summed E-state index contributed by atoms with van der Waals surface area (Å²) in [5.74, 6) is 0. The second kappa shape index (κ2) is 5.58. The maximum atomic E-state index is 10.5. The number of aliphatic hydroxyl groups is 1. The number of rotatable bonds is 5. The first-order valence-corrected chi connectivity index (χ1v) is 5.16. The molecule has 5 nitrogen and oxygen atoms in total. The molecule has 0 radical (unpaired) electrons. The molecule has 2 atom stereocenters. The van der Waals surface area contributed by atoms with Crippen LogP contribution in [-0.4, -0.2) is 22.7 Å². The third-order valence-corrected chi connectivity index (χ3v) is 2.41. The van der Waals surface area contributed by atoms with E-state index in [2.05, 4.69) is 5.32 Å². The maximum Gasteiger partial charge on any atom is 0.269 e. The molecule has 0 bridgehead atoms. The van der Waals surface area contributed by atoms with Gasteiger partial charge in [-0.15, -0.1) is 0 Å². The molecule has 0 aliphatic carbocycles. The molecular weight excluding hydrogens is 208 g/mol. The van der Waals surface area contributed by atoms with Gasteiger partial charge in [0.2, 0.25) is 0 Å². The molecule has 1 aromatic carbocycles. The molecule has 0 aromatic heterocycles. The van der Waals surface area contributed by atoms with Crippen molar-refractivity contribution in [3.63, 3.8) is 0 Å². The molecule has 2 N–H and O–H groups in total. The van der Waals surface area contributed by atoms with Crippen LogP contribution in [0.4, 0.5) is 5.69 Å². The number of nitrogens with zero attached hydrogens (tertiary/aromatic N) is 1. The van der Waals surface area contributed by atoms with Gasteiger partial charge in [-0.25, -0.2) is 0 Å². The Hall–Kier alpha value is -1.46. The number of hydrogen-bond acceptors (Lipinski definition) is 4. The lowest BCUT2D eigenvalue weighted by Gasteiger charge is -2.18. The van der Waals surface area contributed by atoms with E-state index < -0.39 is 4.92 Å². The second-order valence-electron chi connectivity index (χ2n) is 3.82. The minimum atomic E-state index is -0.418. The average molecular weight is 224 g/mol. The summed E-state index contributed by atoms with van der Waals surface area (Å²) >= 11 is 0. The smallest absolute Gasteiger partial charge is 0.269 e. The fraction of sp³-hybridized carbons (Fsp3) is 0.455. The summed E-state index contributed by atoms with van der Waals surface area (Å²) in [6, 6.07) is 6.47. The molecule has 1 aromatic rings. The zero-order chi connectivity index (χ0) is 12.1. The summed E-state index contributed by atoms with van der Waals surface area (Å²) in [6.45, 7) is 3.90. The van der Waals surface area contributed by atoms with Crippen molar-refractivity contribution in [2.45, 2.75) is 25.9 Å². The Morgan fingerprint density at radius 3 is 2.38 bits per heavy atom. The molecule has 16 heavy (non-hydrogen) atoms. The largest absolute Gasteiger partial charge is 0.395 e. The lowest BCUT2D eigenvalue weighted by Crippen LogP contribution is -2.31. The first-order chi connectivity index (χ1) is 7.54. The van der Waals surface area contributed by atoms with Gasteiger partial charge in [0.15, 0.2) is 0 Å². The lowest BCUT2D eigenvalue weighted by molar-refractivity contribution is -0.384. The Kier molecular flexibility index (Phi) is 4.39. The molecule has 0 aliphatic heterocycles. The zero-order valence-corrected chi connectivity index (χ0v) is 9.38. The Morgan fingerprint density at radius 1 is 1.38 bits per heavy atom. The Balaban J connectivity index is 2.70. The highest BCUT2D eigenvalue weighted by Gasteiger charge is 2.10. The van der Waals surface area contributed by atoms with Gasteiger partial charge >= 0.3 is 0 Å². The van der Waals surface area contributed by atoms with Crippen LogP contribution in [0.1, 0.15) is 25.5 Å². The van der Waals surface area contributed by atoms with Crippen LogP contribution < -0.4 is 5.32 Å². The number of nitrogens with one attached hydrogen (secondary N) is 1. The van der Waals surface area contributed by atoms with Crippen molar-refractivity contribution in [3.05, 3.63) is 39.9 Å². The van der Waals surface area contributed by atoms with Gasteiger partial charge in [-0.2, -0.15) is 0 Å².